The molecule has 0 spiro atoms. The highest BCUT2D eigenvalue weighted by atomic mass is 32.1. The quantitative estimate of drug-likeness (QED) is 0.841. The minimum atomic E-state index is -0.164. The van der Waals surface area contributed by atoms with E-state index in [9.17, 15) is 4.79 Å². The first-order valence-corrected chi connectivity index (χ1v) is 8.16. The van der Waals surface area contributed by atoms with Gasteiger partial charge in [0.15, 0.2) is 0 Å². The Hall–Kier alpha value is -0.870. The lowest BCUT2D eigenvalue weighted by Crippen LogP contribution is -2.50. The minimum absolute atomic E-state index is 0.164. The predicted octanol–water partition coefficient (Wildman–Crippen LogP) is 2.58. The fourth-order valence-electron chi connectivity index (χ4n) is 2.91. The molecule has 1 aliphatic heterocycles. The van der Waals surface area contributed by atoms with Crippen molar-refractivity contribution in [2.75, 3.05) is 19.6 Å². The molecular formula is C15H24N2OS. The molecule has 2 rings (SSSR count). The Morgan fingerprint density at radius 1 is 1.58 bits per heavy atom. The smallest absolute Gasteiger partial charge is 0.227 e. The maximum absolute atomic E-state index is 12.5. The lowest BCUT2D eigenvalue weighted by molar-refractivity contribution is -0.132. The average molecular weight is 280 g/mol. The summed E-state index contributed by atoms with van der Waals surface area (Å²) in [4.78, 5) is 13.8. The molecule has 0 radical (unpaired) electrons. The second-order valence-electron chi connectivity index (χ2n) is 5.40. The van der Waals surface area contributed by atoms with Gasteiger partial charge in [-0.3, -0.25) is 4.79 Å². The van der Waals surface area contributed by atoms with Crippen LogP contribution in [0.15, 0.2) is 17.5 Å². The number of nitrogens with one attached hydrogen (secondary N) is 2. The SMILES string of the molecule is CCCC1(C(=O)NCCc2cccs2)CCCNC1. The van der Waals surface area contributed by atoms with E-state index >= 15 is 0 Å². The average Bonchev–Trinajstić information content (AvgIpc) is 2.93. The molecular weight excluding hydrogens is 256 g/mol. The zero-order chi connectivity index (χ0) is 13.6. The van der Waals surface area contributed by atoms with Gasteiger partial charge in [0.2, 0.25) is 5.91 Å². The maximum Gasteiger partial charge on any atom is 0.227 e. The van der Waals surface area contributed by atoms with E-state index in [0.717, 1.165) is 51.7 Å². The topological polar surface area (TPSA) is 41.1 Å². The number of piperidine rings is 1. The van der Waals surface area contributed by atoms with Crippen LogP contribution in [0.3, 0.4) is 0 Å². The van der Waals surface area contributed by atoms with Crippen molar-refractivity contribution in [2.45, 2.75) is 39.0 Å². The van der Waals surface area contributed by atoms with Gasteiger partial charge in [0.05, 0.1) is 5.41 Å². The number of thiophene rings is 1. The summed E-state index contributed by atoms with van der Waals surface area (Å²) in [5, 5.41) is 8.61. The predicted molar refractivity (Wildman–Crippen MR) is 80.5 cm³/mol. The summed E-state index contributed by atoms with van der Waals surface area (Å²) in [6.45, 7) is 4.81. The second kappa shape index (κ2) is 7.06. The van der Waals surface area contributed by atoms with E-state index in [1.54, 1.807) is 11.3 Å². The van der Waals surface area contributed by atoms with Gasteiger partial charge in [-0.1, -0.05) is 19.4 Å². The summed E-state index contributed by atoms with van der Waals surface area (Å²) in [6.07, 6.45) is 5.14. The van der Waals surface area contributed by atoms with E-state index in [4.69, 9.17) is 0 Å². The monoisotopic (exact) mass is 280 g/mol. The number of carbonyl (C=O) groups excluding carboxylic acids is 1. The van der Waals surface area contributed by atoms with Crippen LogP contribution in [0.25, 0.3) is 0 Å². The fourth-order valence-corrected chi connectivity index (χ4v) is 3.62. The Morgan fingerprint density at radius 2 is 2.47 bits per heavy atom. The first-order chi connectivity index (χ1) is 9.27. The van der Waals surface area contributed by atoms with Gasteiger partial charge in [-0.25, -0.2) is 0 Å². The van der Waals surface area contributed by atoms with Gasteiger partial charge in [-0.2, -0.15) is 0 Å². The number of rotatable bonds is 6. The Kier molecular flexibility index (Phi) is 5.40. The van der Waals surface area contributed by atoms with Crippen molar-refractivity contribution in [3.63, 3.8) is 0 Å². The molecule has 0 aromatic carbocycles. The molecule has 0 saturated carbocycles. The number of amides is 1. The van der Waals surface area contributed by atoms with Crippen LogP contribution in [-0.4, -0.2) is 25.5 Å². The van der Waals surface area contributed by atoms with Crippen LogP contribution in [-0.2, 0) is 11.2 Å². The third kappa shape index (κ3) is 3.80. The van der Waals surface area contributed by atoms with Gasteiger partial charge in [0.1, 0.15) is 0 Å². The van der Waals surface area contributed by atoms with Crippen molar-refractivity contribution in [1.29, 1.82) is 0 Å². The lowest BCUT2D eigenvalue weighted by atomic mass is 9.76. The Balaban J connectivity index is 1.85. The minimum Gasteiger partial charge on any atom is -0.355 e. The first kappa shape index (κ1) is 14.5. The third-order valence-corrected chi connectivity index (χ3v) is 4.86. The van der Waals surface area contributed by atoms with Crippen LogP contribution in [0.4, 0.5) is 0 Å². The van der Waals surface area contributed by atoms with E-state index in [1.807, 2.05) is 0 Å². The maximum atomic E-state index is 12.5. The molecule has 1 aromatic heterocycles. The van der Waals surface area contributed by atoms with Crippen molar-refractivity contribution in [1.82, 2.24) is 10.6 Å². The van der Waals surface area contributed by atoms with Crippen molar-refractivity contribution < 1.29 is 4.79 Å². The van der Waals surface area contributed by atoms with Crippen LogP contribution < -0.4 is 10.6 Å². The van der Waals surface area contributed by atoms with Crippen molar-refractivity contribution in [3.8, 4) is 0 Å². The van der Waals surface area contributed by atoms with Gasteiger partial charge in [0, 0.05) is 18.0 Å². The zero-order valence-corrected chi connectivity index (χ0v) is 12.5. The molecule has 1 aliphatic rings. The Morgan fingerprint density at radius 3 is 3.11 bits per heavy atom. The molecule has 1 unspecified atom stereocenters. The first-order valence-electron chi connectivity index (χ1n) is 7.28. The molecule has 1 saturated heterocycles. The molecule has 0 aliphatic carbocycles. The fraction of sp³-hybridized carbons (Fsp3) is 0.667. The van der Waals surface area contributed by atoms with Gasteiger partial charge in [-0.05, 0) is 43.7 Å². The standard InChI is InChI=1S/C15H24N2OS/c1-2-7-15(8-4-9-16-12-15)14(18)17-10-6-13-5-3-11-19-13/h3,5,11,16H,2,4,6-10,12H2,1H3,(H,17,18). The highest BCUT2D eigenvalue weighted by Gasteiger charge is 2.38. The van der Waals surface area contributed by atoms with Crippen molar-refractivity contribution in [2.24, 2.45) is 5.41 Å². The molecule has 2 N–H and O–H groups in total. The summed E-state index contributed by atoms with van der Waals surface area (Å²) >= 11 is 1.76. The molecule has 0 bridgehead atoms. The molecule has 19 heavy (non-hydrogen) atoms. The van der Waals surface area contributed by atoms with Crippen LogP contribution in [0.2, 0.25) is 0 Å². The summed E-state index contributed by atoms with van der Waals surface area (Å²) in [5.74, 6) is 0.248. The van der Waals surface area contributed by atoms with Crippen molar-refractivity contribution >= 4 is 17.2 Å². The van der Waals surface area contributed by atoms with E-state index in [0.29, 0.717) is 0 Å². The van der Waals surface area contributed by atoms with E-state index in [2.05, 4.69) is 35.1 Å². The molecule has 1 amide bonds. The van der Waals surface area contributed by atoms with E-state index in [1.165, 1.54) is 4.88 Å². The molecule has 1 atom stereocenters. The highest BCUT2D eigenvalue weighted by Crippen LogP contribution is 2.31. The summed E-state index contributed by atoms with van der Waals surface area (Å²) in [6, 6.07) is 4.19. The van der Waals surface area contributed by atoms with Gasteiger partial charge >= 0.3 is 0 Å². The zero-order valence-electron chi connectivity index (χ0n) is 11.7. The van der Waals surface area contributed by atoms with E-state index < -0.39 is 0 Å². The van der Waals surface area contributed by atoms with Crippen LogP contribution in [0.5, 0.6) is 0 Å². The summed E-state index contributed by atoms with van der Waals surface area (Å²) in [7, 11) is 0. The van der Waals surface area contributed by atoms with Gasteiger partial charge in [0.25, 0.3) is 0 Å². The van der Waals surface area contributed by atoms with Crippen LogP contribution in [0, 0.1) is 5.41 Å². The third-order valence-electron chi connectivity index (χ3n) is 3.92. The summed E-state index contributed by atoms with van der Waals surface area (Å²) in [5.41, 5.74) is -0.164. The molecule has 106 valence electrons. The molecule has 4 heteroatoms. The highest BCUT2D eigenvalue weighted by molar-refractivity contribution is 7.09. The summed E-state index contributed by atoms with van der Waals surface area (Å²) < 4.78 is 0. The number of carbonyl (C=O) groups is 1. The van der Waals surface area contributed by atoms with Gasteiger partial charge < -0.3 is 10.6 Å². The van der Waals surface area contributed by atoms with Gasteiger partial charge in [-0.15, -0.1) is 11.3 Å². The molecule has 2 heterocycles. The van der Waals surface area contributed by atoms with E-state index in [-0.39, 0.29) is 11.3 Å². The van der Waals surface area contributed by atoms with Crippen molar-refractivity contribution in [3.05, 3.63) is 22.4 Å². The molecule has 1 aromatic rings. The number of hydrogen-bond acceptors (Lipinski definition) is 3. The molecule has 3 nitrogen and oxygen atoms in total. The normalized spacial score (nSPS) is 23.2. The largest absolute Gasteiger partial charge is 0.355 e. The second-order valence-corrected chi connectivity index (χ2v) is 6.43. The number of hydrogen-bond donors (Lipinski definition) is 2. The van der Waals surface area contributed by atoms with Crippen LogP contribution >= 0.6 is 11.3 Å². The Bertz CT molecular complexity index is 377. The van der Waals surface area contributed by atoms with Crippen LogP contribution in [0.1, 0.15) is 37.5 Å². The lowest BCUT2D eigenvalue weighted by Gasteiger charge is -2.36. The molecule has 1 fully saturated rings. The Labute approximate surface area is 119 Å².